The summed E-state index contributed by atoms with van der Waals surface area (Å²) in [7, 11) is 1.65. The Hall–Kier alpha value is -0.720. The molecule has 0 amide bonds. The Morgan fingerprint density at radius 1 is 1.47 bits per heavy atom. The summed E-state index contributed by atoms with van der Waals surface area (Å²) < 4.78 is 12.9. The molecule has 0 aromatic carbocycles. The van der Waals surface area contributed by atoms with Crippen LogP contribution >= 0.6 is 12.2 Å². The Bertz CT molecular complexity index is 345. The summed E-state index contributed by atoms with van der Waals surface area (Å²) in [4.78, 5) is 0. The molecule has 1 aromatic heterocycles. The van der Waals surface area contributed by atoms with Gasteiger partial charge in [-0.2, -0.15) is 5.10 Å². The lowest BCUT2D eigenvalue weighted by Crippen LogP contribution is -2.10. The van der Waals surface area contributed by atoms with E-state index in [1.807, 2.05) is 4.57 Å². The highest BCUT2D eigenvalue weighted by Gasteiger charge is 2.08. The van der Waals surface area contributed by atoms with Gasteiger partial charge in [0.2, 0.25) is 0 Å². The molecule has 0 fully saturated rings. The number of aromatic nitrogens is 3. The van der Waals surface area contributed by atoms with Crippen LogP contribution < -0.4 is 0 Å². The lowest BCUT2D eigenvalue weighted by Gasteiger charge is -2.10. The molecule has 0 aliphatic carbocycles. The second-order valence-electron chi connectivity index (χ2n) is 3.45. The number of hydrogen-bond donors (Lipinski definition) is 1. The van der Waals surface area contributed by atoms with Crippen molar-refractivity contribution in [2.45, 2.75) is 26.5 Å². The molecule has 0 saturated carbocycles. The van der Waals surface area contributed by atoms with Gasteiger partial charge in [-0.25, -0.2) is 0 Å². The normalized spacial score (nSPS) is 11.2. The molecule has 0 atom stereocenters. The van der Waals surface area contributed by atoms with Gasteiger partial charge in [-0.3, -0.25) is 9.67 Å². The van der Waals surface area contributed by atoms with Gasteiger partial charge >= 0.3 is 0 Å². The minimum Gasteiger partial charge on any atom is -0.382 e. The van der Waals surface area contributed by atoms with E-state index in [1.54, 1.807) is 7.11 Å². The SMILES string of the molecule is COCCOCc1n[nH]c(=S)n1C(C)C. The first-order valence-corrected chi connectivity index (χ1v) is 5.30. The summed E-state index contributed by atoms with van der Waals surface area (Å²) in [5, 5.41) is 6.88. The smallest absolute Gasteiger partial charge is 0.195 e. The maximum atomic E-state index is 5.39. The highest BCUT2D eigenvalue weighted by molar-refractivity contribution is 7.71. The third-order valence-corrected chi connectivity index (χ3v) is 2.24. The number of aromatic amines is 1. The highest BCUT2D eigenvalue weighted by atomic mass is 32.1. The largest absolute Gasteiger partial charge is 0.382 e. The number of hydrogen-bond acceptors (Lipinski definition) is 4. The van der Waals surface area contributed by atoms with Crippen LogP contribution in [0.1, 0.15) is 25.7 Å². The third-order valence-electron chi connectivity index (χ3n) is 1.96. The number of rotatable bonds is 6. The van der Waals surface area contributed by atoms with Gasteiger partial charge in [-0.15, -0.1) is 0 Å². The van der Waals surface area contributed by atoms with Crippen molar-refractivity contribution in [2.75, 3.05) is 20.3 Å². The third kappa shape index (κ3) is 3.40. The van der Waals surface area contributed by atoms with Gasteiger partial charge in [0.15, 0.2) is 10.6 Å². The molecule has 0 aliphatic heterocycles. The molecule has 1 heterocycles. The number of nitrogens with one attached hydrogen (secondary N) is 1. The Kier molecular flexibility index (Phi) is 4.93. The summed E-state index contributed by atoms with van der Waals surface area (Å²) in [6, 6.07) is 0.289. The molecule has 0 aliphatic rings. The van der Waals surface area contributed by atoms with Crippen molar-refractivity contribution in [1.29, 1.82) is 0 Å². The molecule has 0 bridgehead atoms. The van der Waals surface area contributed by atoms with Gasteiger partial charge in [-0.1, -0.05) is 0 Å². The number of ether oxygens (including phenoxy) is 2. The molecule has 6 heteroatoms. The van der Waals surface area contributed by atoms with Crippen LogP contribution in [-0.4, -0.2) is 35.1 Å². The first-order chi connectivity index (χ1) is 7.16. The minimum atomic E-state index is 0.289. The summed E-state index contributed by atoms with van der Waals surface area (Å²) in [6.45, 7) is 5.73. The molecule has 0 unspecified atom stereocenters. The van der Waals surface area contributed by atoms with E-state index < -0.39 is 0 Å². The van der Waals surface area contributed by atoms with Crippen LogP contribution in [0.15, 0.2) is 0 Å². The van der Waals surface area contributed by atoms with Crippen LogP contribution in [0.4, 0.5) is 0 Å². The summed E-state index contributed by atoms with van der Waals surface area (Å²) in [5.41, 5.74) is 0. The van der Waals surface area contributed by atoms with Crippen molar-refractivity contribution in [3.63, 3.8) is 0 Å². The molecule has 0 saturated heterocycles. The predicted octanol–water partition coefficient (Wildman–Crippen LogP) is 1.68. The predicted molar refractivity (Wildman–Crippen MR) is 59.3 cm³/mol. The van der Waals surface area contributed by atoms with Crippen molar-refractivity contribution >= 4 is 12.2 Å². The lowest BCUT2D eigenvalue weighted by molar-refractivity contribution is 0.0568. The molecule has 1 rings (SSSR count). The van der Waals surface area contributed by atoms with E-state index in [4.69, 9.17) is 21.7 Å². The molecule has 0 spiro atoms. The fourth-order valence-corrected chi connectivity index (χ4v) is 1.64. The number of H-pyrrole nitrogens is 1. The topological polar surface area (TPSA) is 52.1 Å². The molecule has 0 radical (unpaired) electrons. The van der Waals surface area contributed by atoms with Crippen LogP contribution in [0.2, 0.25) is 0 Å². The quantitative estimate of drug-likeness (QED) is 0.598. The van der Waals surface area contributed by atoms with Crippen LogP contribution in [0.5, 0.6) is 0 Å². The molecule has 5 nitrogen and oxygen atoms in total. The standard InChI is InChI=1S/C9H17N3O2S/c1-7(2)12-8(10-11-9(12)15)6-14-5-4-13-3/h7H,4-6H2,1-3H3,(H,11,15). The summed E-state index contributed by atoms with van der Waals surface area (Å²) >= 11 is 5.12. The van der Waals surface area contributed by atoms with Gasteiger partial charge in [0.1, 0.15) is 6.61 Å². The monoisotopic (exact) mass is 231 g/mol. The van der Waals surface area contributed by atoms with E-state index in [-0.39, 0.29) is 6.04 Å². The second kappa shape index (κ2) is 5.99. The van der Waals surface area contributed by atoms with Crippen LogP contribution in [0.3, 0.4) is 0 Å². The van der Waals surface area contributed by atoms with Gasteiger partial charge in [-0.05, 0) is 26.1 Å². The van der Waals surface area contributed by atoms with Crippen molar-refractivity contribution in [3.8, 4) is 0 Å². The Labute approximate surface area is 94.4 Å². The Morgan fingerprint density at radius 3 is 2.80 bits per heavy atom. The Balaban J connectivity index is 2.57. The molecular formula is C9H17N3O2S. The first-order valence-electron chi connectivity index (χ1n) is 4.89. The minimum absolute atomic E-state index is 0.289. The van der Waals surface area contributed by atoms with Gasteiger partial charge in [0.25, 0.3) is 0 Å². The van der Waals surface area contributed by atoms with Gasteiger partial charge in [0.05, 0.1) is 13.2 Å². The van der Waals surface area contributed by atoms with Crippen LogP contribution in [-0.2, 0) is 16.1 Å². The summed E-state index contributed by atoms with van der Waals surface area (Å²) in [6.07, 6.45) is 0. The van der Waals surface area contributed by atoms with Crippen molar-refractivity contribution in [2.24, 2.45) is 0 Å². The van der Waals surface area contributed by atoms with Crippen molar-refractivity contribution in [3.05, 3.63) is 10.6 Å². The van der Waals surface area contributed by atoms with E-state index in [0.717, 1.165) is 5.82 Å². The molecule has 86 valence electrons. The summed E-state index contributed by atoms with van der Waals surface area (Å²) in [5.74, 6) is 0.825. The molecular weight excluding hydrogens is 214 g/mol. The fraction of sp³-hybridized carbons (Fsp3) is 0.778. The average Bonchev–Trinajstić information content (AvgIpc) is 2.54. The van der Waals surface area contributed by atoms with Gasteiger partial charge < -0.3 is 9.47 Å². The van der Waals surface area contributed by atoms with E-state index in [2.05, 4.69) is 24.0 Å². The number of methoxy groups -OCH3 is 1. The highest BCUT2D eigenvalue weighted by Crippen LogP contribution is 2.09. The van der Waals surface area contributed by atoms with Crippen LogP contribution in [0.25, 0.3) is 0 Å². The zero-order valence-corrected chi connectivity index (χ0v) is 10.1. The van der Waals surface area contributed by atoms with E-state index in [9.17, 15) is 0 Å². The van der Waals surface area contributed by atoms with E-state index in [1.165, 1.54) is 0 Å². The maximum Gasteiger partial charge on any atom is 0.195 e. The Morgan fingerprint density at radius 2 is 2.20 bits per heavy atom. The first kappa shape index (κ1) is 12.4. The fourth-order valence-electron chi connectivity index (χ4n) is 1.28. The van der Waals surface area contributed by atoms with Crippen molar-refractivity contribution in [1.82, 2.24) is 14.8 Å². The second-order valence-corrected chi connectivity index (χ2v) is 3.84. The van der Waals surface area contributed by atoms with Crippen LogP contribution in [0, 0.1) is 4.77 Å². The van der Waals surface area contributed by atoms with Gasteiger partial charge in [0, 0.05) is 13.2 Å². The van der Waals surface area contributed by atoms with E-state index >= 15 is 0 Å². The molecule has 15 heavy (non-hydrogen) atoms. The zero-order valence-electron chi connectivity index (χ0n) is 9.32. The van der Waals surface area contributed by atoms with E-state index in [0.29, 0.717) is 24.6 Å². The lowest BCUT2D eigenvalue weighted by atomic mass is 10.4. The average molecular weight is 231 g/mol. The molecule has 1 N–H and O–H groups in total. The zero-order chi connectivity index (χ0) is 11.3. The molecule has 1 aromatic rings. The van der Waals surface area contributed by atoms with Crippen molar-refractivity contribution < 1.29 is 9.47 Å². The number of nitrogens with zero attached hydrogens (tertiary/aromatic N) is 2. The maximum absolute atomic E-state index is 5.39.